The van der Waals surface area contributed by atoms with Crippen molar-refractivity contribution in [3.8, 4) is 0 Å². The summed E-state index contributed by atoms with van der Waals surface area (Å²) in [6, 6.07) is 18.1. The summed E-state index contributed by atoms with van der Waals surface area (Å²) in [5, 5.41) is 7.21. The van der Waals surface area contributed by atoms with Crippen LogP contribution in [0.5, 0.6) is 0 Å². The molecule has 4 heteroatoms. The molecule has 2 aromatic carbocycles. The van der Waals surface area contributed by atoms with Crippen LogP contribution in [0, 0.1) is 5.92 Å². The third kappa shape index (κ3) is 3.54. The third-order valence-corrected chi connectivity index (χ3v) is 5.72. The minimum absolute atomic E-state index is 0.102. The van der Waals surface area contributed by atoms with Crippen LogP contribution >= 0.6 is 11.6 Å². The molecule has 1 atom stereocenters. The van der Waals surface area contributed by atoms with Crippen LogP contribution < -0.4 is 0 Å². The highest BCUT2D eigenvalue weighted by Crippen LogP contribution is 2.32. The number of amides is 1. The first-order valence-corrected chi connectivity index (χ1v) is 9.81. The van der Waals surface area contributed by atoms with E-state index >= 15 is 0 Å². The van der Waals surface area contributed by atoms with Crippen molar-refractivity contribution in [1.29, 1.82) is 0 Å². The average Bonchev–Trinajstić information content (AvgIpc) is 3.15. The van der Waals surface area contributed by atoms with Crippen molar-refractivity contribution in [3.63, 3.8) is 0 Å². The van der Waals surface area contributed by atoms with Gasteiger partial charge in [-0.2, -0.15) is 5.10 Å². The Bertz CT molecular complexity index is 795. The minimum atomic E-state index is 0.102. The van der Waals surface area contributed by atoms with Crippen molar-refractivity contribution >= 4 is 23.2 Å². The van der Waals surface area contributed by atoms with E-state index in [9.17, 15) is 4.79 Å². The number of hydrogen-bond acceptors (Lipinski definition) is 2. The van der Waals surface area contributed by atoms with Crippen LogP contribution in [0.4, 0.5) is 0 Å². The lowest BCUT2D eigenvalue weighted by molar-refractivity contribution is -0.136. The summed E-state index contributed by atoms with van der Waals surface area (Å²) in [5.74, 6) is 0.424. The summed E-state index contributed by atoms with van der Waals surface area (Å²) in [4.78, 5) is 13.0. The van der Waals surface area contributed by atoms with Gasteiger partial charge in [0, 0.05) is 16.9 Å². The summed E-state index contributed by atoms with van der Waals surface area (Å²) in [6.07, 6.45) is 5.55. The van der Waals surface area contributed by atoms with Gasteiger partial charge in [-0.3, -0.25) is 4.79 Å². The normalized spacial score (nSPS) is 20.9. The number of hydrogen-bond donors (Lipinski definition) is 0. The Morgan fingerprint density at radius 3 is 2.35 bits per heavy atom. The molecule has 0 saturated heterocycles. The van der Waals surface area contributed by atoms with Crippen LogP contribution in [0.1, 0.15) is 49.1 Å². The first-order chi connectivity index (χ1) is 12.7. The molecule has 2 aliphatic rings. The van der Waals surface area contributed by atoms with Gasteiger partial charge >= 0.3 is 0 Å². The van der Waals surface area contributed by atoms with Crippen molar-refractivity contribution in [2.45, 2.75) is 38.0 Å². The Hall–Kier alpha value is -2.13. The van der Waals surface area contributed by atoms with E-state index in [0.717, 1.165) is 37.0 Å². The van der Waals surface area contributed by atoms with Crippen LogP contribution in [0.3, 0.4) is 0 Å². The van der Waals surface area contributed by atoms with Gasteiger partial charge in [0.25, 0.3) is 0 Å². The SMILES string of the molecule is O=C(C1CCCCC1)N1C[C@H](c2ccccc2)C(c2ccc(Cl)cc2)=N1. The summed E-state index contributed by atoms with van der Waals surface area (Å²) in [7, 11) is 0. The highest BCUT2D eigenvalue weighted by molar-refractivity contribution is 6.30. The molecule has 1 aliphatic heterocycles. The highest BCUT2D eigenvalue weighted by atomic mass is 35.5. The molecule has 0 spiro atoms. The number of benzene rings is 2. The van der Waals surface area contributed by atoms with E-state index in [4.69, 9.17) is 16.7 Å². The molecule has 0 unspecified atom stereocenters. The maximum Gasteiger partial charge on any atom is 0.245 e. The number of rotatable bonds is 3. The second kappa shape index (κ2) is 7.63. The van der Waals surface area contributed by atoms with Gasteiger partial charge in [-0.25, -0.2) is 5.01 Å². The molecule has 0 N–H and O–H groups in total. The quantitative estimate of drug-likeness (QED) is 0.730. The van der Waals surface area contributed by atoms with E-state index in [1.54, 1.807) is 5.01 Å². The average molecular weight is 367 g/mol. The third-order valence-electron chi connectivity index (χ3n) is 5.46. The van der Waals surface area contributed by atoms with E-state index in [1.165, 1.54) is 12.0 Å². The molecule has 26 heavy (non-hydrogen) atoms. The van der Waals surface area contributed by atoms with Crippen LogP contribution in [0.25, 0.3) is 0 Å². The Kier molecular flexibility index (Phi) is 5.07. The van der Waals surface area contributed by atoms with Gasteiger partial charge in [0.1, 0.15) is 0 Å². The number of halogens is 1. The standard InChI is InChI=1S/C22H23ClN2O/c23-19-13-11-17(12-14-19)21-20(16-7-3-1-4-8-16)15-25(24-21)22(26)18-9-5-2-6-10-18/h1,3-4,7-8,11-14,18,20H,2,5-6,9-10,15H2/t20-/m1/s1. The molecule has 2 aromatic rings. The first-order valence-electron chi connectivity index (χ1n) is 9.43. The van der Waals surface area contributed by atoms with E-state index in [0.29, 0.717) is 11.6 Å². The largest absolute Gasteiger partial charge is 0.273 e. The van der Waals surface area contributed by atoms with Crippen LogP contribution in [-0.4, -0.2) is 23.2 Å². The zero-order valence-electron chi connectivity index (χ0n) is 14.8. The monoisotopic (exact) mass is 366 g/mol. The lowest BCUT2D eigenvalue weighted by Gasteiger charge is -2.24. The summed E-state index contributed by atoms with van der Waals surface area (Å²) < 4.78 is 0. The first kappa shape index (κ1) is 17.3. The van der Waals surface area contributed by atoms with Gasteiger partial charge < -0.3 is 0 Å². The van der Waals surface area contributed by atoms with Crippen molar-refractivity contribution < 1.29 is 4.79 Å². The van der Waals surface area contributed by atoms with E-state index in [-0.39, 0.29) is 17.7 Å². The van der Waals surface area contributed by atoms with Gasteiger partial charge in [-0.15, -0.1) is 0 Å². The maximum atomic E-state index is 13.0. The van der Waals surface area contributed by atoms with E-state index < -0.39 is 0 Å². The van der Waals surface area contributed by atoms with Crippen molar-refractivity contribution in [2.24, 2.45) is 11.0 Å². The lowest BCUT2D eigenvalue weighted by Crippen LogP contribution is -2.32. The van der Waals surface area contributed by atoms with Crippen LogP contribution in [0.2, 0.25) is 5.02 Å². The molecule has 1 aliphatic carbocycles. The van der Waals surface area contributed by atoms with Crippen LogP contribution in [-0.2, 0) is 4.79 Å². The van der Waals surface area contributed by atoms with Crippen molar-refractivity contribution in [2.75, 3.05) is 6.54 Å². The molecule has 1 fully saturated rings. The van der Waals surface area contributed by atoms with Gasteiger partial charge in [-0.05, 0) is 36.1 Å². The molecule has 1 heterocycles. The second-order valence-corrected chi connectivity index (χ2v) is 7.65. The van der Waals surface area contributed by atoms with Gasteiger partial charge in [-0.1, -0.05) is 73.3 Å². The second-order valence-electron chi connectivity index (χ2n) is 7.21. The van der Waals surface area contributed by atoms with Crippen molar-refractivity contribution in [1.82, 2.24) is 5.01 Å². The molecule has 0 radical (unpaired) electrons. The highest BCUT2D eigenvalue weighted by Gasteiger charge is 2.35. The molecule has 3 nitrogen and oxygen atoms in total. The summed E-state index contributed by atoms with van der Waals surface area (Å²) >= 11 is 6.05. The fraction of sp³-hybridized carbons (Fsp3) is 0.364. The number of hydrazone groups is 1. The minimum Gasteiger partial charge on any atom is -0.273 e. The van der Waals surface area contributed by atoms with Gasteiger partial charge in [0.2, 0.25) is 5.91 Å². The molecule has 0 aromatic heterocycles. The summed E-state index contributed by atoms with van der Waals surface area (Å²) in [6.45, 7) is 0.622. The number of carbonyl (C=O) groups excluding carboxylic acids is 1. The summed E-state index contributed by atoms with van der Waals surface area (Å²) in [5.41, 5.74) is 3.18. The van der Waals surface area contributed by atoms with E-state index in [1.807, 2.05) is 42.5 Å². The topological polar surface area (TPSA) is 32.7 Å². The molecule has 4 rings (SSSR count). The number of carbonyl (C=O) groups is 1. The predicted octanol–water partition coefficient (Wildman–Crippen LogP) is 5.25. The fourth-order valence-corrected chi connectivity index (χ4v) is 4.15. The smallest absolute Gasteiger partial charge is 0.245 e. The van der Waals surface area contributed by atoms with Crippen LogP contribution in [0.15, 0.2) is 59.7 Å². The molecule has 0 bridgehead atoms. The fourth-order valence-electron chi connectivity index (χ4n) is 4.03. The Morgan fingerprint density at radius 1 is 0.962 bits per heavy atom. The van der Waals surface area contributed by atoms with Gasteiger partial charge in [0.05, 0.1) is 12.3 Å². The maximum absolute atomic E-state index is 13.0. The molecular weight excluding hydrogens is 344 g/mol. The molecule has 134 valence electrons. The van der Waals surface area contributed by atoms with Crippen molar-refractivity contribution in [3.05, 3.63) is 70.7 Å². The molecular formula is C22H23ClN2O. The Morgan fingerprint density at radius 2 is 1.65 bits per heavy atom. The lowest BCUT2D eigenvalue weighted by atomic mass is 9.88. The predicted molar refractivity (Wildman–Crippen MR) is 105 cm³/mol. The Balaban J connectivity index is 1.65. The zero-order chi connectivity index (χ0) is 17.9. The molecule has 1 saturated carbocycles. The van der Waals surface area contributed by atoms with E-state index in [2.05, 4.69) is 12.1 Å². The zero-order valence-corrected chi connectivity index (χ0v) is 15.5. The number of nitrogens with zero attached hydrogens (tertiary/aromatic N) is 2. The molecule has 1 amide bonds. The van der Waals surface area contributed by atoms with Gasteiger partial charge in [0.15, 0.2) is 0 Å². The Labute approximate surface area is 159 Å².